The van der Waals surface area contributed by atoms with E-state index in [1.807, 2.05) is 0 Å². The summed E-state index contributed by atoms with van der Waals surface area (Å²) in [7, 11) is 0. The number of carbonyl (C=O) groups is 3. The minimum atomic E-state index is -1.40. The molecule has 11 heteroatoms. The number of amides is 2. The SMILES string of the molecule is CC(=O)c1cn(CC(=O)N2CC(F)CC2C(=O)NCc2cccc(Cl)c2F)c2ccc(N=C=O)cc12. The normalized spacial score (nSPS) is 17.2. The molecule has 2 unspecified atom stereocenters. The van der Waals surface area contributed by atoms with Crippen LogP contribution < -0.4 is 5.32 Å². The number of rotatable bonds is 7. The van der Waals surface area contributed by atoms with E-state index in [2.05, 4.69) is 10.3 Å². The minimum absolute atomic E-state index is 0.0859. The number of nitrogens with zero attached hydrogens (tertiary/aromatic N) is 3. The molecule has 1 aliphatic rings. The second kappa shape index (κ2) is 10.4. The molecule has 0 spiro atoms. The third-order valence-electron chi connectivity index (χ3n) is 6.08. The predicted molar refractivity (Wildman–Crippen MR) is 128 cm³/mol. The molecule has 1 aromatic heterocycles. The van der Waals surface area contributed by atoms with Gasteiger partial charge in [0.15, 0.2) is 5.78 Å². The smallest absolute Gasteiger partial charge is 0.243 e. The number of alkyl halides is 1. The highest BCUT2D eigenvalue weighted by molar-refractivity contribution is 6.30. The van der Waals surface area contributed by atoms with E-state index >= 15 is 0 Å². The number of halogens is 3. The quantitative estimate of drug-likeness (QED) is 0.294. The highest BCUT2D eigenvalue weighted by Crippen LogP contribution is 2.28. The lowest BCUT2D eigenvalue weighted by atomic mass is 10.1. The average Bonchev–Trinajstić information content (AvgIpc) is 3.41. The number of benzene rings is 2. The number of hydrogen-bond donors (Lipinski definition) is 1. The molecule has 2 aromatic carbocycles. The first-order valence-corrected chi connectivity index (χ1v) is 11.4. The van der Waals surface area contributed by atoms with Crippen LogP contribution in [0.3, 0.4) is 0 Å². The molecule has 36 heavy (non-hydrogen) atoms. The van der Waals surface area contributed by atoms with Gasteiger partial charge in [-0.05, 0) is 31.2 Å². The van der Waals surface area contributed by atoms with Crippen LogP contribution in [-0.2, 0) is 27.5 Å². The average molecular weight is 515 g/mol. The number of ketones is 1. The molecule has 1 aliphatic heterocycles. The van der Waals surface area contributed by atoms with Gasteiger partial charge in [-0.15, -0.1) is 0 Å². The van der Waals surface area contributed by atoms with Crippen LogP contribution in [0, 0.1) is 5.82 Å². The monoisotopic (exact) mass is 514 g/mol. The number of isocyanates is 1. The van der Waals surface area contributed by atoms with Crippen LogP contribution in [0.2, 0.25) is 5.02 Å². The van der Waals surface area contributed by atoms with Gasteiger partial charge < -0.3 is 14.8 Å². The fourth-order valence-corrected chi connectivity index (χ4v) is 4.54. The van der Waals surface area contributed by atoms with Crippen molar-refractivity contribution in [2.75, 3.05) is 6.54 Å². The van der Waals surface area contributed by atoms with Crippen molar-refractivity contribution in [3.63, 3.8) is 0 Å². The molecule has 1 fully saturated rings. The molecule has 2 heterocycles. The van der Waals surface area contributed by atoms with Gasteiger partial charge in [0.1, 0.15) is 24.6 Å². The number of Topliss-reactive ketones (excluding diaryl/α,β-unsaturated/α-hetero) is 1. The van der Waals surface area contributed by atoms with E-state index in [0.717, 1.165) is 4.90 Å². The van der Waals surface area contributed by atoms with Gasteiger partial charge in [0.25, 0.3) is 0 Å². The molecule has 1 saturated heterocycles. The number of hydrogen-bond acceptors (Lipinski definition) is 5. The van der Waals surface area contributed by atoms with Crippen LogP contribution in [0.5, 0.6) is 0 Å². The van der Waals surface area contributed by atoms with E-state index in [1.54, 1.807) is 12.1 Å². The Kier molecular flexibility index (Phi) is 7.28. The van der Waals surface area contributed by atoms with E-state index in [-0.39, 0.29) is 42.4 Å². The van der Waals surface area contributed by atoms with Crippen LogP contribution >= 0.6 is 11.6 Å². The Bertz CT molecular complexity index is 1420. The molecule has 3 aromatic rings. The molecule has 1 N–H and O–H groups in total. The Labute approximate surface area is 209 Å². The first-order valence-electron chi connectivity index (χ1n) is 11.1. The van der Waals surface area contributed by atoms with Crippen LogP contribution in [0.15, 0.2) is 47.6 Å². The zero-order chi connectivity index (χ0) is 26.0. The molecule has 0 radical (unpaired) electrons. The first kappa shape index (κ1) is 25.2. The van der Waals surface area contributed by atoms with Crippen molar-refractivity contribution in [3.05, 3.63) is 64.6 Å². The maximum Gasteiger partial charge on any atom is 0.243 e. The second-order valence-corrected chi connectivity index (χ2v) is 8.86. The zero-order valence-electron chi connectivity index (χ0n) is 19.1. The van der Waals surface area contributed by atoms with Gasteiger partial charge in [0, 0.05) is 41.2 Å². The third kappa shape index (κ3) is 5.05. The predicted octanol–water partition coefficient (Wildman–Crippen LogP) is 3.86. The molecule has 4 rings (SSSR count). The summed E-state index contributed by atoms with van der Waals surface area (Å²) < 4.78 is 30.0. The van der Waals surface area contributed by atoms with Gasteiger partial charge in [-0.3, -0.25) is 14.4 Å². The van der Waals surface area contributed by atoms with Gasteiger partial charge >= 0.3 is 0 Å². The summed E-state index contributed by atoms with van der Waals surface area (Å²) in [5.74, 6) is -2.05. The highest BCUT2D eigenvalue weighted by Gasteiger charge is 2.39. The van der Waals surface area contributed by atoms with E-state index in [1.165, 1.54) is 48.0 Å². The van der Waals surface area contributed by atoms with Gasteiger partial charge in [0.05, 0.1) is 17.3 Å². The molecule has 0 saturated carbocycles. The fourth-order valence-electron chi connectivity index (χ4n) is 4.35. The molecule has 2 atom stereocenters. The number of carbonyl (C=O) groups excluding carboxylic acids is 4. The summed E-state index contributed by atoms with van der Waals surface area (Å²) in [6.45, 7) is 0.684. The third-order valence-corrected chi connectivity index (χ3v) is 6.37. The lowest BCUT2D eigenvalue weighted by Gasteiger charge is -2.24. The van der Waals surface area contributed by atoms with Crippen molar-refractivity contribution in [2.45, 2.75) is 38.6 Å². The maximum atomic E-state index is 14.3. The standard InChI is InChI=1S/C25H21ClF2N4O4/c1-14(34)19-11-31(21-6-5-17(30-13-33)8-18(19)21)12-23(35)32-10-16(27)7-22(32)25(36)29-9-15-3-2-4-20(26)24(15)28/h2-6,8,11,16,22H,7,9-10,12H2,1H3,(H,29,36). The van der Waals surface area contributed by atoms with Crippen molar-refractivity contribution in [1.82, 2.24) is 14.8 Å². The van der Waals surface area contributed by atoms with Crippen LogP contribution in [0.4, 0.5) is 14.5 Å². The van der Waals surface area contributed by atoms with Crippen molar-refractivity contribution in [1.29, 1.82) is 0 Å². The van der Waals surface area contributed by atoms with E-state index in [4.69, 9.17) is 11.6 Å². The zero-order valence-corrected chi connectivity index (χ0v) is 19.9. The highest BCUT2D eigenvalue weighted by atomic mass is 35.5. The number of nitrogens with one attached hydrogen (secondary N) is 1. The summed E-state index contributed by atoms with van der Waals surface area (Å²) in [6, 6.07) is 8.00. The number of aromatic nitrogens is 1. The Morgan fingerprint density at radius 3 is 2.75 bits per heavy atom. The van der Waals surface area contributed by atoms with Gasteiger partial charge in [-0.2, -0.15) is 4.99 Å². The molecule has 186 valence electrons. The van der Waals surface area contributed by atoms with Crippen LogP contribution in [0.25, 0.3) is 10.9 Å². The summed E-state index contributed by atoms with van der Waals surface area (Å²) >= 11 is 5.77. The van der Waals surface area contributed by atoms with E-state index < -0.39 is 29.8 Å². The van der Waals surface area contributed by atoms with E-state index in [0.29, 0.717) is 22.2 Å². The van der Waals surface area contributed by atoms with Crippen molar-refractivity contribution in [2.24, 2.45) is 4.99 Å². The number of aliphatic imine (C=N–C) groups is 1. The number of fused-ring (bicyclic) bond motifs is 1. The molecule has 0 bridgehead atoms. The van der Waals surface area contributed by atoms with Crippen LogP contribution in [-0.4, -0.2) is 51.9 Å². The first-order chi connectivity index (χ1) is 17.2. The summed E-state index contributed by atoms with van der Waals surface area (Å²) in [6.07, 6.45) is 1.36. The maximum absolute atomic E-state index is 14.3. The molecular weight excluding hydrogens is 494 g/mol. The van der Waals surface area contributed by atoms with Gasteiger partial charge in [-0.25, -0.2) is 13.6 Å². The molecule has 2 amide bonds. The topological polar surface area (TPSA) is 101 Å². The second-order valence-electron chi connectivity index (χ2n) is 8.46. The minimum Gasteiger partial charge on any atom is -0.350 e. The fraction of sp³-hybridized carbons (Fsp3) is 0.280. The molecule has 0 aliphatic carbocycles. The van der Waals surface area contributed by atoms with Crippen molar-refractivity contribution in [3.8, 4) is 0 Å². The Hall–Kier alpha value is -3.88. The number of likely N-dealkylation sites (tertiary alicyclic amines) is 1. The summed E-state index contributed by atoms with van der Waals surface area (Å²) in [5.41, 5.74) is 1.32. The van der Waals surface area contributed by atoms with Crippen molar-refractivity contribution < 1.29 is 28.0 Å². The summed E-state index contributed by atoms with van der Waals surface area (Å²) in [4.78, 5) is 53.4. The van der Waals surface area contributed by atoms with Gasteiger partial charge in [-0.1, -0.05) is 23.7 Å². The Morgan fingerprint density at radius 1 is 1.25 bits per heavy atom. The molecular formula is C25H21ClF2N4O4. The van der Waals surface area contributed by atoms with Crippen LogP contribution in [0.1, 0.15) is 29.3 Å². The largest absolute Gasteiger partial charge is 0.350 e. The Balaban J connectivity index is 1.54. The van der Waals surface area contributed by atoms with E-state index in [9.17, 15) is 28.0 Å². The Morgan fingerprint density at radius 2 is 2.03 bits per heavy atom. The lowest BCUT2D eigenvalue weighted by molar-refractivity contribution is -0.139. The van der Waals surface area contributed by atoms with Crippen molar-refractivity contribution >= 4 is 51.9 Å². The lowest BCUT2D eigenvalue weighted by Crippen LogP contribution is -2.46. The van der Waals surface area contributed by atoms with Gasteiger partial charge in [0.2, 0.25) is 17.9 Å². The molecule has 8 nitrogen and oxygen atoms in total. The summed E-state index contributed by atoms with van der Waals surface area (Å²) in [5, 5.41) is 2.96.